The summed E-state index contributed by atoms with van der Waals surface area (Å²) in [5.41, 5.74) is 0. The molecule has 2 heteroatoms. The number of hydrogen-bond donors (Lipinski definition) is 1. The van der Waals surface area contributed by atoms with Crippen LogP contribution in [-0.4, -0.2) is 36.6 Å². The van der Waals surface area contributed by atoms with E-state index in [9.17, 15) is 0 Å². The second-order valence-corrected chi connectivity index (χ2v) is 5.42. The van der Waals surface area contributed by atoms with Crippen molar-refractivity contribution >= 4 is 0 Å². The summed E-state index contributed by atoms with van der Waals surface area (Å²) in [6.45, 7) is 8.41. The van der Waals surface area contributed by atoms with Gasteiger partial charge in [0.15, 0.2) is 0 Å². The first-order chi connectivity index (χ1) is 7.29. The Balaban J connectivity index is 1.65. The molecule has 1 atom stereocenters. The summed E-state index contributed by atoms with van der Waals surface area (Å²) < 4.78 is 0. The van der Waals surface area contributed by atoms with E-state index in [1.165, 1.54) is 51.7 Å². The highest BCUT2D eigenvalue weighted by atomic mass is 15.2. The Bertz CT molecular complexity index is 185. The minimum absolute atomic E-state index is 0.719. The molecule has 2 aliphatic carbocycles. The van der Waals surface area contributed by atoms with E-state index < -0.39 is 0 Å². The van der Waals surface area contributed by atoms with Crippen LogP contribution in [0.5, 0.6) is 0 Å². The molecule has 15 heavy (non-hydrogen) atoms. The molecular weight excluding hydrogens is 184 g/mol. The molecule has 0 aromatic heterocycles. The van der Waals surface area contributed by atoms with Crippen molar-refractivity contribution < 1.29 is 0 Å². The largest absolute Gasteiger partial charge is 0.312 e. The first-order valence-electron chi connectivity index (χ1n) is 6.77. The quantitative estimate of drug-likeness (QED) is 0.693. The van der Waals surface area contributed by atoms with Crippen molar-refractivity contribution in [3.05, 3.63) is 0 Å². The van der Waals surface area contributed by atoms with Gasteiger partial charge in [-0.2, -0.15) is 0 Å². The Kier molecular flexibility index (Phi) is 4.04. The van der Waals surface area contributed by atoms with E-state index in [0.717, 1.165) is 18.0 Å². The van der Waals surface area contributed by atoms with Crippen LogP contribution < -0.4 is 5.32 Å². The lowest BCUT2D eigenvalue weighted by molar-refractivity contribution is 0.144. The minimum atomic E-state index is 0.719. The number of hydrogen-bond acceptors (Lipinski definition) is 2. The summed E-state index contributed by atoms with van der Waals surface area (Å²) in [6.07, 6.45) is 7.22. The van der Waals surface area contributed by atoms with E-state index in [4.69, 9.17) is 0 Å². The van der Waals surface area contributed by atoms with Crippen LogP contribution in [0, 0.1) is 5.92 Å². The molecule has 2 rings (SSSR count). The molecule has 0 radical (unpaired) electrons. The Morgan fingerprint density at radius 3 is 2.47 bits per heavy atom. The first-order valence-corrected chi connectivity index (χ1v) is 6.77. The van der Waals surface area contributed by atoms with Gasteiger partial charge in [0.05, 0.1) is 0 Å². The van der Waals surface area contributed by atoms with Gasteiger partial charge in [0.2, 0.25) is 0 Å². The van der Waals surface area contributed by atoms with Gasteiger partial charge < -0.3 is 5.32 Å². The third-order valence-electron chi connectivity index (χ3n) is 4.03. The monoisotopic (exact) mass is 210 g/mol. The summed E-state index contributed by atoms with van der Waals surface area (Å²) in [4.78, 5) is 2.65. The van der Waals surface area contributed by atoms with Gasteiger partial charge in [-0.3, -0.25) is 4.90 Å². The zero-order valence-electron chi connectivity index (χ0n) is 10.3. The number of likely N-dealkylation sites (N-methyl/N-ethyl adjacent to an activating group) is 1. The molecule has 88 valence electrons. The van der Waals surface area contributed by atoms with Crippen molar-refractivity contribution in [2.45, 2.75) is 58.0 Å². The van der Waals surface area contributed by atoms with Gasteiger partial charge in [0, 0.05) is 25.2 Å². The molecule has 0 heterocycles. The van der Waals surface area contributed by atoms with Gasteiger partial charge in [-0.05, 0) is 45.1 Å². The average molecular weight is 210 g/mol. The third-order valence-corrected chi connectivity index (χ3v) is 4.03. The average Bonchev–Trinajstić information content (AvgIpc) is 2.96. The van der Waals surface area contributed by atoms with E-state index >= 15 is 0 Å². The molecule has 2 saturated carbocycles. The highest BCUT2D eigenvalue weighted by Crippen LogP contribution is 2.27. The van der Waals surface area contributed by atoms with E-state index in [0.29, 0.717) is 0 Å². The number of nitrogens with one attached hydrogen (secondary N) is 1. The summed E-state index contributed by atoms with van der Waals surface area (Å²) in [5, 5.41) is 3.64. The van der Waals surface area contributed by atoms with Gasteiger partial charge >= 0.3 is 0 Å². The summed E-state index contributed by atoms with van der Waals surface area (Å²) in [6, 6.07) is 1.58. The molecule has 2 nitrogen and oxygen atoms in total. The first kappa shape index (κ1) is 11.4. The highest BCUT2D eigenvalue weighted by Gasteiger charge is 2.25. The molecule has 1 unspecified atom stereocenters. The van der Waals surface area contributed by atoms with Crippen LogP contribution in [0.4, 0.5) is 0 Å². The maximum atomic E-state index is 3.64. The highest BCUT2D eigenvalue weighted by molar-refractivity contribution is 4.84. The van der Waals surface area contributed by atoms with Crippen LogP contribution in [0.2, 0.25) is 0 Å². The SMILES string of the molecule is CCN(CC1CCC1)C(C)CNC1CC1. The van der Waals surface area contributed by atoms with Crippen LogP contribution in [0.25, 0.3) is 0 Å². The molecule has 0 aromatic carbocycles. The molecule has 0 bridgehead atoms. The second kappa shape index (κ2) is 5.31. The number of nitrogens with zero attached hydrogens (tertiary/aromatic N) is 1. The smallest absolute Gasteiger partial charge is 0.0192 e. The van der Waals surface area contributed by atoms with E-state index in [1.807, 2.05) is 0 Å². The summed E-state index contributed by atoms with van der Waals surface area (Å²) >= 11 is 0. The van der Waals surface area contributed by atoms with Crippen LogP contribution in [-0.2, 0) is 0 Å². The summed E-state index contributed by atoms with van der Waals surface area (Å²) in [7, 11) is 0. The molecule has 0 aliphatic heterocycles. The zero-order valence-corrected chi connectivity index (χ0v) is 10.3. The van der Waals surface area contributed by atoms with Crippen molar-refractivity contribution in [1.82, 2.24) is 10.2 Å². The molecule has 0 amide bonds. The van der Waals surface area contributed by atoms with Crippen molar-refractivity contribution in [1.29, 1.82) is 0 Å². The van der Waals surface area contributed by atoms with Crippen molar-refractivity contribution in [3.8, 4) is 0 Å². The van der Waals surface area contributed by atoms with E-state index in [-0.39, 0.29) is 0 Å². The van der Waals surface area contributed by atoms with E-state index in [1.54, 1.807) is 0 Å². The zero-order chi connectivity index (χ0) is 10.7. The third kappa shape index (κ3) is 3.46. The molecular formula is C13H26N2. The second-order valence-electron chi connectivity index (χ2n) is 5.42. The van der Waals surface area contributed by atoms with E-state index in [2.05, 4.69) is 24.1 Å². The lowest BCUT2D eigenvalue weighted by Gasteiger charge is -2.35. The topological polar surface area (TPSA) is 15.3 Å². The predicted octanol–water partition coefficient (Wildman–Crippen LogP) is 2.25. The Labute approximate surface area is 94.4 Å². The molecule has 2 fully saturated rings. The van der Waals surface area contributed by atoms with Gasteiger partial charge in [-0.25, -0.2) is 0 Å². The Hall–Kier alpha value is -0.0800. The number of rotatable bonds is 7. The van der Waals surface area contributed by atoms with Gasteiger partial charge in [0.25, 0.3) is 0 Å². The minimum Gasteiger partial charge on any atom is -0.312 e. The van der Waals surface area contributed by atoms with Crippen molar-refractivity contribution in [2.75, 3.05) is 19.6 Å². The van der Waals surface area contributed by atoms with Crippen molar-refractivity contribution in [3.63, 3.8) is 0 Å². The fourth-order valence-corrected chi connectivity index (χ4v) is 2.38. The van der Waals surface area contributed by atoms with Gasteiger partial charge in [-0.1, -0.05) is 13.3 Å². The maximum absolute atomic E-state index is 3.64. The Morgan fingerprint density at radius 2 is 2.00 bits per heavy atom. The molecule has 0 spiro atoms. The van der Waals surface area contributed by atoms with Crippen LogP contribution in [0.1, 0.15) is 46.0 Å². The van der Waals surface area contributed by atoms with Crippen LogP contribution in [0.15, 0.2) is 0 Å². The van der Waals surface area contributed by atoms with Crippen LogP contribution >= 0.6 is 0 Å². The lowest BCUT2D eigenvalue weighted by atomic mass is 9.85. The van der Waals surface area contributed by atoms with Crippen LogP contribution in [0.3, 0.4) is 0 Å². The lowest BCUT2D eigenvalue weighted by Crippen LogP contribution is -2.44. The van der Waals surface area contributed by atoms with Gasteiger partial charge in [0.1, 0.15) is 0 Å². The normalized spacial score (nSPS) is 24.2. The maximum Gasteiger partial charge on any atom is 0.0192 e. The molecule has 0 aromatic rings. The molecule has 2 aliphatic rings. The van der Waals surface area contributed by atoms with Crippen molar-refractivity contribution in [2.24, 2.45) is 5.92 Å². The summed E-state index contributed by atoms with van der Waals surface area (Å²) in [5.74, 6) is 1.01. The van der Waals surface area contributed by atoms with Gasteiger partial charge in [-0.15, -0.1) is 0 Å². The Morgan fingerprint density at radius 1 is 1.27 bits per heavy atom. The molecule has 1 N–H and O–H groups in total. The predicted molar refractivity (Wildman–Crippen MR) is 65.1 cm³/mol. The standard InChI is InChI=1S/C13H26N2/c1-3-15(10-12-5-4-6-12)11(2)9-14-13-7-8-13/h11-14H,3-10H2,1-2H3. The molecule has 0 saturated heterocycles. The fraction of sp³-hybridized carbons (Fsp3) is 1.00. The fourth-order valence-electron chi connectivity index (χ4n) is 2.38.